The van der Waals surface area contributed by atoms with Gasteiger partial charge in [-0.05, 0) is 47.5 Å². The third-order valence-electron chi connectivity index (χ3n) is 3.98. The predicted molar refractivity (Wildman–Crippen MR) is 104 cm³/mol. The molecule has 0 bridgehead atoms. The number of sulfonamides is 1. The van der Waals surface area contributed by atoms with Gasteiger partial charge in [0.2, 0.25) is 10.0 Å². The van der Waals surface area contributed by atoms with Crippen LogP contribution in [0.4, 0.5) is 0 Å². The fraction of sp³-hybridized carbons (Fsp3) is 0.143. The second-order valence-electron chi connectivity index (χ2n) is 5.92. The molecule has 0 aliphatic carbocycles. The fourth-order valence-electron chi connectivity index (χ4n) is 2.49. The standard InChI is InChI=1S/C21H21NO4S/c1-25-19-12-10-17(11-13-19)15-22-27(23,24)21-9-5-6-18(14-21)16-26-20-7-3-2-4-8-20/h2-14,22H,15-16H2,1H3. The average Bonchev–Trinajstić information content (AvgIpc) is 2.72. The molecule has 1 N–H and O–H groups in total. The maximum atomic E-state index is 12.6. The Morgan fingerprint density at radius 1 is 0.815 bits per heavy atom. The Hall–Kier alpha value is -2.83. The van der Waals surface area contributed by atoms with E-state index in [-0.39, 0.29) is 11.4 Å². The monoisotopic (exact) mass is 383 g/mol. The molecular formula is C21H21NO4S. The van der Waals surface area contributed by atoms with Gasteiger partial charge in [0, 0.05) is 6.54 Å². The van der Waals surface area contributed by atoms with Crippen molar-refractivity contribution in [2.75, 3.05) is 7.11 Å². The summed E-state index contributed by atoms with van der Waals surface area (Å²) in [6.07, 6.45) is 0. The van der Waals surface area contributed by atoms with Crippen molar-refractivity contribution in [2.45, 2.75) is 18.0 Å². The molecule has 0 aliphatic rings. The van der Waals surface area contributed by atoms with Crippen LogP contribution in [0.25, 0.3) is 0 Å². The van der Waals surface area contributed by atoms with E-state index in [1.165, 1.54) is 0 Å². The van der Waals surface area contributed by atoms with Crippen LogP contribution in [0.5, 0.6) is 11.5 Å². The Morgan fingerprint density at radius 2 is 1.56 bits per heavy atom. The van der Waals surface area contributed by atoms with E-state index >= 15 is 0 Å². The molecule has 27 heavy (non-hydrogen) atoms. The average molecular weight is 383 g/mol. The van der Waals surface area contributed by atoms with Crippen molar-refractivity contribution in [3.8, 4) is 11.5 Å². The highest BCUT2D eigenvalue weighted by atomic mass is 32.2. The number of benzene rings is 3. The topological polar surface area (TPSA) is 64.6 Å². The number of hydrogen-bond donors (Lipinski definition) is 1. The molecule has 0 aromatic heterocycles. The number of nitrogens with one attached hydrogen (secondary N) is 1. The zero-order chi connectivity index (χ0) is 19.1. The van der Waals surface area contributed by atoms with Crippen molar-refractivity contribution in [3.05, 3.63) is 90.0 Å². The van der Waals surface area contributed by atoms with Crippen molar-refractivity contribution in [2.24, 2.45) is 0 Å². The lowest BCUT2D eigenvalue weighted by molar-refractivity contribution is 0.306. The van der Waals surface area contributed by atoms with Crippen molar-refractivity contribution < 1.29 is 17.9 Å². The summed E-state index contributed by atoms with van der Waals surface area (Å²) < 4.78 is 38.6. The molecule has 0 radical (unpaired) electrons. The van der Waals surface area contributed by atoms with Gasteiger partial charge in [0.1, 0.15) is 18.1 Å². The van der Waals surface area contributed by atoms with Crippen molar-refractivity contribution in [1.82, 2.24) is 4.72 Å². The number of hydrogen-bond acceptors (Lipinski definition) is 4. The van der Waals surface area contributed by atoms with Gasteiger partial charge in [0.15, 0.2) is 0 Å². The molecule has 0 saturated carbocycles. The van der Waals surface area contributed by atoms with Gasteiger partial charge in [0.25, 0.3) is 0 Å². The third kappa shape index (κ3) is 5.32. The zero-order valence-corrected chi connectivity index (χ0v) is 15.8. The molecule has 0 saturated heterocycles. The van der Waals surface area contributed by atoms with Gasteiger partial charge in [-0.1, -0.05) is 42.5 Å². The molecule has 3 aromatic carbocycles. The predicted octanol–water partition coefficient (Wildman–Crippen LogP) is 3.75. The maximum absolute atomic E-state index is 12.6. The van der Waals surface area contributed by atoms with E-state index in [1.807, 2.05) is 48.5 Å². The number of methoxy groups -OCH3 is 1. The number of ether oxygens (including phenoxy) is 2. The summed E-state index contributed by atoms with van der Waals surface area (Å²) >= 11 is 0. The minimum Gasteiger partial charge on any atom is -0.497 e. The van der Waals surface area contributed by atoms with E-state index in [4.69, 9.17) is 9.47 Å². The van der Waals surface area contributed by atoms with Gasteiger partial charge in [-0.3, -0.25) is 0 Å². The third-order valence-corrected chi connectivity index (χ3v) is 5.38. The molecule has 0 heterocycles. The Bertz CT molecular complexity index is 971. The summed E-state index contributed by atoms with van der Waals surface area (Å²) in [5.41, 5.74) is 1.63. The first-order valence-corrected chi connectivity index (χ1v) is 9.94. The lowest BCUT2D eigenvalue weighted by Crippen LogP contribution is -2.23. The van der Waals surface area contributed by atoms with Crippen LogP contribution in [0.1, 0.15) is 11.1 Å². The zero-order valence-electron chi connectivity index (χ0n) is 15.0. The number of rotatable bonds is 8. The summed E-state index contributed by atoms with van der Waals surface area (Å²) in [4.78, 5) is 0.213. The van der Waals surface area contributed by atoms with E-state index in [0.29, 0.717) is 6.61 Å². The first kappa shape index (κ1) is 18.9. The van der Waals surface area contributed by atoms with Crippen LogP contribution in [-0.2, 0) is 23.2 Å². The number of para-hydroxylation sites is 1. The van der Waals surface area contributed by atoms with E-state index < -0.39 is 10.0 Å². The fourth-order valence-corrected chi connectivity index (χ4v) is 3.58. The maximum Gasteiger partial charge on any atom is 0.240 e. The van der Waals surface area contributed by atoms with E-state index in [0.717, 1.165) is 22.6 Å². The van der Waals surface area contributed by atoms with Crippen molar-refractivity contribution in [1.29, 1.82) is 0 Å². The lowest BCUT2D eigenvalue weighted by Gasteiger charge is -2.10. The smallest absolute Gasteiger partial charge is 0.240 e. The molecule has 0 spiro atoms. The van der Waals surface area contributed by atoms with E-state index in [1.54, 1.807) is 37.4 Å². The quantitative estimate of drug-likeness (QED) is 0.643. The SMILES string of the molecule is COc1ccc(CNS(=O)(=O)c2cccc(COc3ccccc3)c2)cc1. The van der Waals surface area contributed by atoms with Crippen LogP contribution >= 0.6 is 0 Å². The van der Waals surface area contributed by atoms with Gasteiger partial charge in [-0.2, -0.15) is 0 Å². The van der Waals surface area contributed by atoms with E-state index in [9.17, 15) is 8.42 Å². The molecule has 0 aliphatic heterocycles. The molecule has 3 aromatic rings. The van der Waals surface area contributed by atoms with Crippen molar-refractivity contribution >= 4 is 10.0 Å². The molecule has 0 amide bonds. The lowest BCUT2D eigenvalue weighted by atomic mass is 10.2. The Labute approximate surface area is 159 Å². The molecule has 6 heteroatoms. The summed E-state index contributed by atoms with van der Waals surface area (Å²) in [5, 5.41) is 0. The minimum atomic E-state index is -3.62. The van der Waals surface area contributed by atoms with Crippen LogP contribution in [0.2, 0.25) is 0 Å². The van der Waals surface area contributed by atoms with E-state index in [2.05, 4.69) is 4.72 Å². The summed E-state index contributed by atoms with van der Waals surface area (Å²) in [6, 6.07) is 23.4. The second kappa shape index (κ2) is 8.70. The molecule has 0 fully saturated rings. The molecule has 0 atom stereocenters. The second-order valence-corrected chi connectivity index (χ2v) is 7.69. The summed E-state index contributed by atoms with van der Waals surface area (Å²) in [5.74, 6) is 1.47. The van der Waals surface area contributed by atoms with Gasteiger partial charge in [-0.15, -0.1) is 0 Å². The highest BCUT2D eigenvalue weighted by Crippen LogP contribution is 2.16. The highest BCUT2D eigenvalue weighted by molar-refractivity contribution is 7.89. The first-order chi connectivity index (χ1) is 13.1. The highest BCUT2D eigenvalue weighted by Gasteiger charge is 2.14. The van der Waals surface area contributed by atoms with Crippen LogP contribution in [-0.4, -0.2) is 15.5 Å². The van der Waals surface area contributed by atoms with Gasteiger partial charge >= 0.3 is 0 Å². The molecule has 5 nitrogen and oxygen atoms in total. The molecular weight excluding hydrogens is 362 g/mol. The first-order valence-electron chi connectivity index (χ1n) is 8.46. The van der Waals surface area contributed by atoms with Crippen LogP contribution in [0.3, 0.4) is 0 Å². The largest absolute Gasteiger partial charge is 0.497 e. The minimum absolute atomic E-state index is 0.205. The van der Waals surface area contributed by atoms with Crippen LogP contribution < -0.4 is 14.2 Å². The van der Waals surface area contributed by atoms with Crippen LogP contribution in [0, 0.1) is 0 Å². The molecule has 3 rings (SSSR count). The Balaban J connectivity index is 1.65. The van der Waals surface area contributed by atoms with Gasteiger partial charge < -0.3 is 9.47 Å². The normalized spacial score (nSPS) is 11.1. The van der Waals surface area contributed by atoms with Crippen LogP contribution in [0.15, 0.2) is 83.8 Å². The summed E-state index contributed by atoms with van der Waals surface area (Å²) in [7, 11) is -2.03. The molecule has 140 valence electrons. The van der Waals surface area contributed by atoms with Gasteiger partial charge in [-0.25, -0.2) is 13.1 Å². The van der Waals surface area contributed by atoms with Crippen molar-refractivity contribution in [3.63, 3.8) is 0 Å². The Kier molecular flexibility index (Phi) is 6.11. The summed E-state index contributed by atoms with van der Waals surface area (Å²) in [6.45, 7) is 0.503. The molecule has 0 unspecified atom stereocenters. The van der Waals surface area contributed by atoms with Gasteiger partial charge in [0.05, 0.1) is 12.0 Å². The Morgan fingerprint density at radius 3 is 2.26 bits per heavy atom.